The van der Waals surface area contributed by atoms with Crippen molar-refractivity contribution in [1.82, 2.24) is 10.3 Å². The second-order valence-electron chi connectivity index (χ2n) is 12.3. The second kappa shape index (κ2) is 10.9. The fourth-order valence-corrected chi connectivity index (χ4v) is 6.66. The van der Waals surface area contributed by atoms with Gasteiger partial charge < -0.3 is 30.6 Å². The molecule has 1 atom stereocenters. The molecule has 1 fully saturated rings. The van der Waals surface area contributed by atoms with Crippen molar-refractivity contribution >= 4 is 28.5 Å². The molecule has 3 aromatic carbocycles. The van der Waals surface area contributed by atoms with Crippen LogP contribution in [0.4, 0.5) is 5.69 Å². The van der Waals surface area contributed by atoms with E-state index in [-0.39, 0.29) is 23.6 Å². The highest BCUT2D eigenvalue weighted by molar-refractivity contribution is 6.07. The number of aliphatic hydroxyl groups is 1. The minimum atomic E-state index is -0.950. The first kappa shape index (κ1) is 28.0. The number of anilines is 1. The molecule has 0 unspecified atom stereocenters. The number of carboxylic acids is 1. The van der Waals surface area contributed by atoms with Gasteiger partial charge in [0.2, 0.25) is 5.91 Å². The highest BCUT2D eigenvalue weighted by Gasteiger charge is 2.50. The predicted molar refractivity (Wildman–Crippen MR) is 163 cm³/mol. The molecular weight excluding hydrogens is 530 g/mol. The third-order valence-corrected chi connectivity index (χ3v) is 8.75. The van der Waals surface area contributed by atoms with Crippen molar-refractivity contribution in [3.05, 3.63) is 83.6 Å². The maximum Gasteiger partial charge on any atom is 0.335 e. The second-order valence-corrected chi connectivity index (χ2v) is 12.3. The summed E-state index contributed by atoms with van der Waals surface area (Å²) in [4.78, 5) is 27.7. The number of carboxylic acid groups (broad SMARTS) is 1. The average Bonchev–Trinajstić information content (AvgIpc) is 3.70. The largest absolute Gasteiger partial charge is 0.490 e. The van der Waals surface area contributed by atoms with E-state index in [4.69, 9.17) is 4.74 Å². The smallest absolute Gasteiger partial charge is 0.335 e. The Morgan fingerprint density at radius 2 is 1.86 bits per heavy atom. The van der Waals surface area contributed by atoms with Crippen LogP contribution in [0.3, 0.4) is 0 Å². The zero-order chi connectivity index (χ0) is 29.5. The van der Waals surface area contributed by atoms with Gasteiger partial charge in [0.25, 0.3) is 0 Å². The molecule has 2 aliphatic rings. The Labute approximate surface area is 245 Å². The van der Waals surface area contributed by atoms with E-state index in [1.807, 2.05) is 42.6 Å². The van der Waals surface area contributed by atoms with Crippen LogP contribution in [0.1, 0.15) is 61.0 Å². The van der Waals surface area contributed by atoms with Crippen LogP contribution in [0, 0.1) is 0 Å². The number of H-pyrrole nitrogens is 1. The van der Waals surface area contributed by atoms with Crippen molar-refractivity contribution < 1.29 is 24.5 Å². The van der Waals surface area contributed by atoms with E-state index in [9.17, 15) is 19.8 Å². The quantitative estimate of drug-likeness (QED) is 0.169. The van der Waals surface area contributed by atoms with Gasteiger partial charge >= 0.3 is 5.97 Å². The van der Waals surface area contributed by atoms with Crippen LogP contribution in [0.2, 0.25) is 0 Å². The fourth-order valence-electron chi connectivity index (χ4n) is 6.66. The number of β-amino-alcohol motifs (C(OH)–C–C–N with tert-alkyl or cyclic N) is 1. The van der Waals surface area contributed by atoms with Gasteiger partial charge in [-0.3, -0.25) is 4.79 Å². The van der Waals surface area contributed by atoms with Crippen LogP contribution in [0.5, 0.6) is 5.75 Å². The highest BCUT2D eigenvalue weighted by Crippen LogP contribution is 2.52. The van der Waals surface area contributed by atoms with Crippen molar-refractivity contribution in [3.63, 3.8) is 0 Å². The number of aromatic carboxylic acids is 1. The molecule has 1 aliphatic carbocycles. The van der Waals surface area contributed by atoms with Crippen LogP contribution in [-0.4, -0.2) is 51.9 Å². The van der Waals surface area contributed by atoms with Gasteiger partial charge in [0.15, 0.2) is 0 Å². The third-order valence-electron chi connectivity index (χ3n) is 8.75. The molecule has 8 heteroatoms. The molecule has 42 heavy (non-hydrogen) atoms. The average molecular weight is 568 g/mol. The first-order valence-corrected chi connectivity index (χ1v) is 14.6. The number of hydrogen-bond acceptors (Lipinski definition) is 5. The molecule has 8 nitrogen and oxygen atoms in total. The number of carbonyl (C=O) groups excluding carboxylic acids is 1. The Balaban J connectivity index is 1.11. The van der Waals surface area contributed by atoms with Crippen molar-refractivity contribution in [2.24, 2.45) is 0 Å². The lowest BCUT2D eigenvalue weighted by atomic mass is 9.79. The number of aromatic nitrogens is 1. The maximum absolute atomic E-state index is 12.8. The van der Waals surface area contributed by atoms with E-state index in [1.165, 1.54) is 0 Å². The normalized spacial score (nSPS) is 16.5. The third kappa shape index (κ3) is 5.16. The summed E-state index contributed by atoms with van der Waals surface area (Å²) in [5.41, 5.74) is 5.07. The molecule has 1 amide bonds. The predicted octanol–water partition coefficient (Wildman–Crippen LogP) is 5.65. The SMILES string of the molecule is CC(C)(Cc1c[nH]c2c(-c3cccc(C(=O)O)c3)cccc12)NC[C@H](O)COc1cccc2c1C1(CCCC1)C(=O)N2. The van der Waals surface area contributed by atoms with E-state index in [1.54, 1.807) is 18.2 Å². The number of ether oxygens (including phenoxy) is 1. The number of carbonyl (C=O) groups is 2. The number of aliphatic hydroxyl groups excluding tert-OH is 1. The number of amides is 1. The molecule has 218 valence electrons. The standard InChI is InChI=1S/C34H37N3O5/c1-33(2,17-23-18-35-30-25(10-6-11-26(23)30)21-8-5-9-22(16-21)31(39)40)36-19-24(38)20-42-28-13-7-12-27-29(28)34(32(41)37-27)14-3-4-15-34/h5-13,16,18,24,35-36,38H,3-4,14-15,17,19-20H2,1-2H3,(H,37,41)(H,39,40)/t24-/m0/s1. The van der Waals surface area contributed by atoms with Gasteiger partial charge in [-0.15, -0.1) is 0 Å². The van der Waals surface area contributed by atoms with Crippen LogP contribution >= 0.6 is 0 Å². The molecule has 2 heterocycles. The van der Waals surface area contributed by atoms with Crippen molar-refractivity contribution in [3.8, 4) is 16.9 Å². The molecule has 1 aliphatic heterocycles. The van der Waals surface area contributed by atoms with Gasteiger partial charge in [0, 0.05) is 40.5 Å². The van der Waals surface area contributed by atoms with Crippen LogP contribution in [0.15, 0.2) is 66.9 Å². The summed E-state index contributed by atoms with van der Waals surface area (Å²) >= 11 is 0. The van der Waals surface area contributed by atoms with Gasteiger partial charge in [-0.2, -0.15) is 0 Å². The molecule has 0 radical (unpaired) electrons. The van der Waals surface area contributed by atoms with Gasteiger partial charge in [0.1, 0.15) is 18.5 Å². The van der Waals surface area contributed by atoms with E-state index >= 15 is 0 Å². The van der Waals surface area contributed by atoms with E-state index in [2.05, 4.69) is 35.5 Å². The summed E-state index contributed by atoms with van der Waals surface area (Å²) in [6.07, 6.45) is 5.69. The van der Waals surface area contributed by atoms with Crippen molar-refractivity contribution in [2.75, 3.05) is 18.5 Å². The molecular formula is C34H37N3O5. The molecule has 4 aromatic rings. The topological polar surface area (TPSA) is 124 Å². The Bertz CT molecular complexity index is 1650. The molecule has 5 N–H and O–H groups in total. The molecule has 0 saturated heterocycles. The van der Waals surface area contributed by atoms with Crippen LogP contribution in [-0.2, 0) is 16.6 Å². The summed E-state index contributed by atoms with van der Waals surface area (Å²) < 4.78 is 6.13. The summed E-state index contributed by atoms with van der Waals surface area (Å²) in [6, 6.07) is 18.7. The molecule has 6 rings (SSSR count). The lowest BCUT2D eigenvalue weighted by Crippen LogP contribution is -2.46. The molecule has 0 bridgehead atoms. The molecule has 1 aromatic heterocycles. The molecule has 1 saturated carbocycles. The first-order valence-electron chi connectivity index (χ1n) is 14.6. The van der Waals surface area contributed by atoms with E-state index in [0.717, 1.165) is 64.5 Å². The molecule has 1 spiro atoms. The number of rotatable bonds is 10. The van der Waals surface area contributed by atoms with Gasteiger partial charge in [-0.1, -0.05) is 49.2 Å². The fraction of sp³-hybridized carbons (Fsp3) is 0.353. The van der Waals surface area contributed by atoms with Crippen molar-refractivity contribution in [2.45, 2.75) is 63.0 Å². The van der Waals surface area contributed by atoms with Crippen molar-refractivity contribution in [1.29, 1.82) is 0 Å². The first-order chi connectivity index (χ1) is 20.2. The number of para-hydroxylation sites is 1. The summed E-state index contributed by atoms with van der Waals surface area (Å²) in [5.74, 6) is -0.211. The van der Waals surface area contributed by atoms with Gasteiger partial charge in [0.05, 0.1) is 16.5 Å². The van der Waals surface area contributed by atoms with Gasteiger partial charge in [-0.25, -0.2) is 4.79 Å². The number of nitrogens with one attached hydrogen (secondary N) is 3. The Kier molecular flexibility index (Phi) is 7.29. The number of aromatic amines is 1. The monoisotopic (exact) mass is 567 g/mol. The number of benzene rings is 3. The maximum atomic E-state index is 12.8. The van der Waals surface area contributed by atoms with Gasteiger partial charge in [-0.05, 0) is 68.5 Å². The lowest BCUT2D eigenvalue weighted by Gasteiger charge is -2.28. The highest BCUT2D eigenvalue weighted by atomic mass is 16.5. The summed E-state index contributed by atoms with van der Waals surface area (Å²) in [7, 11) is 0. The summed E-state index contributed by atoms with van der Waals surface area (Å²) in [6.45, 7) is 4.67. The number of fused-ring (bicyclic) bond motifs is 3. The van der Waals surface area contributed by atoms with E-state index < -0.39 is 17.5 Å². The minimum Gasteiger partial charge on any atom is -0.490 e. The number of hydrogen-bond donors (Lipinski definition) is 5. The Morgan fingerprint density at radius 1 is 1.10 bits per heavy atom. The van der Waals surface area contributed by atoms with Crippen LogP contribution < -0.4 is 15.4 Å². The van der Waals surface area contributed by atoms with Crippen LogP contribution in [0.25, 0.3) is 22.0 Å². The van der Waals surface area contributed by atoms with E-state index in [0.29, 0.717) is 18.7 Å². The zero-order valence-corrected chi connectivity index (χ0v) is 24.0. The zero-order valence-electron chi connectivity index (χ0n) is 24.0. The lowest BCUT2D eigenvalue weighted by molar-refractivity contribution is -0.120. The summed E-state index contributed by atoms with van der Waals surface area (Å²) in [5, 5.41) is 27.9. The Morgan fingerprint density at radius 3 is 2.64 bits per heavy atom. The minimum absolute atomic E-state index is 0.0631. The Hall–Kier alpha value is -4.14.